The molecule has 9 heteroatoms. The molecule has 0 bridgehead atoms. The van der Waals surface area contributed by atoms with Gasteiger partial charge in [0.2, 0.25) is 5.91 Å². The molecule has 0 radical (unpaired) electrons. The summed E-state index contributed by atoms with van der Waals surface area (Å²) in [5.41, 5.74) is 1.20. The van der Waals surface area contributed by atoms with Crippen LogP contribution >= 0.6 is 11.3 Å². The Kier molecular flexibility index (Phi) is 6.45. The molecule has 32 heavy (non-hydrogen) atoms. The highest BCUT2D eigenvalue weighted by molar-refractivity contribution is 7.22. The van der Waals surface area contributed by atoms with E-state index in [9.17, 15) is 14.4 Å². The number of amides is 1. The molecule has 8 nitrogen and oxygen atoms in total. The van der Waals surface area contributed by atoms with E-state index in [-0.39, 0.29) is 24.1 Å². The van der Waals surface area contributed by atoms with E-state index in [0.717, 1.165) is 48.7 Å². The lowest BCUT2D eigenvalue weighted by molar-refractivity contribution is -0.116. The van der Waals surface area contributed by atoms with Crippen LogP contribution in [-0.2, 0) is 17.8 Å². The van der Waals surface area contributed by atoms with Crippen molar-refractivity contribution in [1.82, 2.24) is 14.1 Å². The number of carbonyl (C=O) groups is 1. The lowest BCUT2D eigenvalue weighted by atomic mass is 10.1. The van der Waals surface area contributed by atoms with Crippen LogP contribution in [0.3, 0.4) is 0 Å². The number of nitrogens with zero attached hydrogens (tertiary/aromatic N) is 4. The highest BCUT2D eigenvalue weighted by atomic mass is 32.1. The summed E-state index contributed by atoms with van der Waals surface area (Å²) in [4.78, 5) is 46.1. The molecule has 0 atom stereocenters. The molecule has 4 rings (SSSR count). The van der Waals surface area contributed by atoms with Gasteiger partial charge in [-0.25, -0.2) is 9.78 Å². The third kappa shape index (κ3) is 4.21. The first-order chi connectivity index (χ1) is 15.4. The zero-order valence-corrected chi connectivity index (χ0v) is 19.6. The summed E-state index contributed by atoms with van der Waals surface area (Å²) in [5, 5.41) is 3.65. The van der Waals surface area contributed by atoms with Gasteiger partial charge in [-0.3, -0.25) is 18.7 Å². The Morgan fingerprint density at radius 3 is 2.56 bits per heavy atom. The van der Waals surface area contributed by atoms with Crippen LogP contribution in [0.2, 0.25) is 0 Å². The highest BCUT2D eigenvalue weighted by Crippen LogP contribution is 2.28. The van der Waals surface area contributed by atoms with Crippen LogP contribution in [0, 0.1) is 0 Å². The van der Waals surface area contributed by atoms with E-state index in [1.807, 2.05) is 31.2 Å². The lowest BCUT2D eigenvalue weighted by Gasteiger charge is -2.25. The molecular formula is C23H29N5O3S. The first kappa shape index (κ1) is 22.3. The fraction of sp³-hybridized carbons (Fsp3) is 0.478. The molecule has 170 valence electrons. The molecule has 2 aromatic heterocycles. The number of hydrogen-bond acceptors (Lipinski definition) is 6. The number of para-hydroxylation sites is 1. The summed E-state index contributed by atoms with van der Waals surface area (Å²) in [7, 11) is 0. The summed E-state index contributed by atoms with van der Waals surface area (Å²) in [6.07, 6.45) is 4.13. The number of piperidine rings is 1. The van der Waals surface area contributed by atoms with Gasteiger partial charge in [0.05, 0.1) is 0 Å². The largest absolute Gasteiger partial charge is 0.348 e. The van der Waals surface area contributed by atoms with Crippen molar-refractivity contribution in [2.24, 2.45) is 0 Å². The summed E-state index contributed by atoms with van der Waals surface area (Å²) < 4.78 is 2.97. The molecule has 1 amide bonds. The van der Waals surface area contributed by atoms with Crippen LogP contribution < -0.4 is 21.5 Å². The van der Waals surface area contributed by atoms with Gasteiger partial charge in [-0.2, -0.15) is 0 Å². The Morgan fingerprint density at radius 2 is 1.88 bits per heavy atom. The molecule has 1 aliphatic rings. The number of rotatable bonds is 6. The van der Waals surface area contributed by atoms with E-state index in [1.54, 1.807) is 13.8 Å². The van der Waals surface area contributed by atoms with Crippen molar-refractivity contribution in [3.63, 3.8) is 0 Å². The van der Waals surface area contributed by atoms with Crippen molar-refractivity contribution in [2.45, 2.75) is 59.0 Å². The molecule has 0 spiro atoms. The van der Waals surface area contributed by atoms with Crippen LogP contribution in [0.5, 0.6) is 0 Å². The molecule has 1 saturated heterocycles. The number of aromatic nitrogens is 3. The molecule has 0 aliphatic carbocycles. The average molecular weight is 456 g/mol. The molecule has 1 fully saturated rings. The minimum atomic E-state index is -0.507. The third-order valence-corrected chi connectivity index (χ3v) is 6.91. The normalized spacial score (nSPS) is 14.3. The number of carbonyl (C=O) groups excluding carboxylic acids is 1. The van der Waals surface area contributed by atoms with Crippen molar-refractivity contribution in [3.05, 3.63) is 50.7 Å². The van der Waals surface area contributed by atoms with Gasteiger partial charge in [0.1, 0.15) is 11.2 Å². The van der Waals surface area contributed by atoms with Crippen molar-refractivity contribution >= 4 is 38.4 Å². The van der Waals surface area contributed by atoms with Crippen LogP contribution in [0.15, 0.2) is 33.9 Å². The van der Waals surface area contributed by atoms with E-state index >= 15 is 0 Å². The second-order valence-electron chi connectivity index (χ2n) is 8.39. The predicted molar refractivity (Wildman–Crippen MR) is 129 cm³/mol. The van der Waals surface area contributed by atoms with E-state index in [1.165, 1.54) is 26.9 Å². The maximum absolute atomic E-state index is 13.2. The van der Waals surface area contributed by atoms with Gasteiger partial charge in [-0.15, -0.1) is 0 Å². The fourth-order valence-electron chi connectivity index (χ4n) is 4.14. The van der Waals surface area contributed by atoms with Gasteiger partial charge in [-0.05, 0) is 51.2 Å². The van der Waals surface area contributed by atoms with Gasteiger partial charge >= 0.3 is 5.69 Å². The second kappa shape index (κ2) is 9.28. The number of aryl methyl sites for hydroxylation is 1. The number of anilines is 2. The number of thiazole rings is 1. The van der Waals surface area contributed by atoms with Crippen molar-refractivity contribution in [1.29, 1.82) is 0 Å². The molecule has 1 aliphatic heterocycles. The van der Waals surface area contributed by atoms with E-state index in [2.05, 4.69) is 15.2 Å². The smallest absolute Gasteiger partial charge is 0.333 e. The molecule has 0 unspecified atom stereocenters. The Hall–Kier alpha value is -2.94. The van der Waals surface area contributed by atoms with Gasteiger partial charge in [0.25, 0.3) is 5.56 Å². The van der Waals surface area contributed by atoms with Crippen molar-refractivity contribution in [2.75, 3.05) is 23.3 Å². The Morgan fingerprint density at radius 1 is 1.16 bits per heavy atom. The maximum Gasteiger partial charge on any atom is 0.333 e. The summed E-state index contributed by atoms with van der Waals surface area (Å²) in [5.74, 6) is -0.323. The monoisotopic (exact) mass is 455 g/mol. The first-order valence-electron chi connectivity index (χ1n) is 11.2. The lowest BCUT2D eigenvalue weighted by Crippen LogP contribution is -2.42. The van der Waals surface area contributed by atoms with Gasteiger partial charge in [0.15, 0.2) is 10.8 Å². The highest BCUT2D eigenvalue weighted by Gasteiger charge is 2.23. The van der Waals surface area contributed by atoms with Gasteiger partial charge in [0, 0.05) is 24.8 Å². The van der Waals surface area contributed by atoms with Crippen molar-refractivity contribution < 1.29 is 4.79 Å². The Bertz CT molecular complexity index is 1250. The number of fused-ring (bicyclic) bond motifs is 1. The molecule has 0 saturated carbocycles. The van der Waals surface area contributed by atoms with Crippen molar-refractivity contribution in [3.8, 4) is 0 Å². The predicted octanol–water partition coefficient (Wildman–Crippen LogP) is 3.39. The van der Waals surface area contributed by atoms with Gasteiger partial charge in [-0.1, -0.05) is 36.5 Å². The SMILES string of the molecule is CCc1ccccc1NC(=O)Cn1c(=O)n(C(C)C)c(=O)c2sc(N3CCCCC3)nc21. The van der Waals surface area contributed by atoms with Gasteiger partial charge < -0.3 is 10.2 Å². The maximum atomic E-state index is 13.2. The van der Waals surface area contributed by atoms with Crippen LogP contribution in [0.1, 0.15) is 51.6 Å². The third-order valence-electron chi connectivity index (χ3n) is 5.82. The summed E-state index contributed by atoms with van der Waals surface area (Å²) >= 11 is 1.31. The fourth-order valence-corrected chi connectivity index (χ4v) is 5.20. The number of benzene rings is 1. The van der Waals surface area contributed by atoms with Crippen LogP contribution in [0.25, 0.3) is 10.3 Å². The van der Waals surface area contributed by atoms with Crippen LogP contribution in [0.4, 0.5) is 10.8 Å². The van der Waals surface area contributed by atoms with E-state index in [0.29, 0.717) is 10.3 Å². The minimum absolute atomic E-state index is 0.205. The van der Waals surface area contributed by atoms with E-state index in [4.69, 9.17) is 0 Å². The summed E-state index contributed by atoms with van der Waals surface area (Å²) in [6, 6.07) is 7.28. The average Bonchev–Trinajstić information content (AvgIpc) is 3.23. The molecule has 1 N–H and O–H groups in total. The minimum Gasteiger partial charge on any atom is -0.348 e. The number of nitrogens with one attached hydrogen (secondary N) is 1. The number of hydrogen-bond donors (Lipinski definition) is 1. The summed E-state index contributed by atoms with van der Waals surface area (Å²) in [6.45, 7) is 7.18. The molecule has 3 heterocycles. The second-order valence-corrected chi connectivity index (χ2v) is 9.37. The standard InChI is InChI=1S/C23H29N5O3S/c1-4-16-10-6-7-11-17(16)24-18(29)14-27-20-19(21(30)28(15(2)3)23(27)31)32-22(25-20)26-12-8-5-9-13-26/h6-7,10-11,15H,4-5,8-9,12-14H2,1-3H3,(H,24,29). The molecule has 3 aromatic rings. The Balaban J connectivity index is 1.76. The first-order valence-corrected chi connectivity index (χ1v) is 12.0. The zero-order valence-electron chi connectivity index (χ0n) is 18.8. The van der Waals surface area contributed by atoms with Crippen LogP contribution in [-0.4, -0.2) is 33.1 Å². The molecular weight excluding hydrogens is 426 g/mol. The quantitative estimate of drug-likeness (QED) is 0.615. The van der Waals surface area contributed by atoms with E-state index < -0.39 is 5.69 Å². The zero-order chi connectivity index (χ0) is 22.8. The topological polar surface area (TPSA) is 89.2 Å². The Labute approximate surface area is 190 Å². The molecule has 1 aromatic carbocycles.